The van der Waals surface area contributed by atoms with E-state index in [1.54, 1.807) is 13.0 Å². The highest BCUT2D eigenvalue weighted by molar-refractivity contribution is 7.91. The molecule has 0 bridgehead atoms. The second kappa shape index (κ2) is 7.84. The Kier molecular flexibility index (Phi) is 6.23. The van der Waals surface area contributed by atoms with Gasteiger partial charge in [-0.3, -0.25) is 4.79 Å². The largest absolute Gasteiger partial charge is 0.480 e. The van der Waals surface area contributed by atoms with Gasteiger partial charge in [0, 0.05) is 18.0 Å². The molecule has 1 unspecified atom stereocenters. The van der Waals surface area contributed by atoms with E-state index in [0.29, 0.717) is 18.0 Å². The lowest BCUT2D eigenvalue weighted by atomic mass is 9.99. The van der Waals surface area contributed by atoms with Gasteiger partial charge in [0.05, 0.1) is 6.42 Å². The van der Waals surface area contributed by atoms with Crippen LogP contribution in [0.1, 0.15) is 44.4 Å². The van der Waals surface area contributed by atoms with Crippen molar-refractivity contribution in [1.29, 1.82) is 0 Å². The molecule has 1 fully saturated rings. The van der Waals surface area contributed by atoms with Crippen LogP contribution in [0.5, 0.6) is 0 Å². The quantitative estimate of drug-likeness (QED) is 0.742. The number of sulfonamides is 1. The number of hydrogen-bond donors (Lipinski definition) is 2. The summed E-state index contributed by atoms with van der Waals surface area (Å²) < 4.78 is 26.9. The van der Waals surface area contributed by atoms with Crippen LogP contribution >= 0.6 is 11.3 Å². The number of carbonyl (C=O) groups is 2. The van der Waals surface area contributed by atoms with Crippen molar-refractivity contribution in [3.8, 4) is 0 Å². The van der Waals surface area contributed by atoms with Crippen molar-refractivity contribution in [3.63, 3.8) is 0 Å². The van der Waals surface area contributed by atoms with Crippen molar-refractivity contribution in [1.82, 2.24) is 9.62 Å². The number of nitrogens with zero attached hydrogens (tertiary/aromatic N) is 1. The highest BCUT2D eigenvalue weighted by Gasteiger charge is 2.33. The van der Waals surface area contributed by atoms with Gasteiger partial charge in [-0.1, -0.05) is 13.3 Å². The fourth-order valence-electron chi connectivity index (χ4n) is 2.63. The Morgan fingerprint density at radius 1 is 1.28 bits per heavy atom. The normalized spacial score (nSPS) is 18.5. The third-order valence-electron chi connectivity index (χ3n) is 4.48. The first kappa shape index (κ1) is 19.9. The van der Waals surface area contributed by atoms with Gasteiger partial charge >= 0.3 is 5.97 Å². The van der Waals surface area contributed by atoms with Gasteiger partial charge in [0.1, 0.15) is 9.75 Å². The van der Waals surface area contributed by atoms with Crippen molar-refractivity contribution in [2.24, 2.45) is 0 Å². The molecule has 0 aliphatic carbocycles. The van der Waals surface area contributed by atoms with Crippen LogP contribution in [-0.2, 0) is 26.0 Å². The molecule has 1 amide bonds. The fourth-order valence-corrected chi connectivity index (χ4v) is 5.65. The molecule has 1 atom stereocenters. The number of hydrogen-bond acceptors (Lipinski definition) is 5. The van der Waals surface area contributed by atoms with E-state index < -0.39 is 27.4 Å². The number of thiophene rings is 1. The summed E-state index contributed by atoms with van der Waals surface area (Å²) in [7, 11) is -3.50. The second-order valence-electron chi connectivity index (χ2n) is 6.40. The minimum absolute atomic E-state index is 0.0386. The van der Waals surface area contributed by atoms with Crippen LogP contribution in [-0.4, -0.2) is 48.3 Å². The summed E-state index contributed by atoms with van der Waals surface area (Å²) in [5, 5.41) is 11.7. The Labute approximate surface area is 152 Å². The van der Waals surface area contributed by atoms with Gasteiger partial charge in [0.25, 0.3) is 10.0 Å². The van der Waals surface area contributed by atoms with Gasteiger partial charge < -0.3 is 10.4 Å². The molecule has 2 rings (SSSR count). The van der Waals surface area contributed by atoms with Crippen LogP contribution < -0.4 is 5.32 Å². The number of rotatable bonds is 7. The maximum absolute atomic E-state index is 12.6. The lowest BCUT2D eigenvalue weighted by Gasteiger charge is -2.25. The number of nitrogens with one attached hydrogen (secondary N) is 1. The van der Waals surface area contributed by atoms with E-state index in [2.05, 4.69) is 5.32 Å². The van der Waals surface area contributed by atoms with E-state index in [0.717, 1.165) is 30.6 Å². The first-order valence-electron chi connectivity index (χ1n) is 8.32. The van der Waals surface area contributed by atoms with Crippen molar-refractivity contribution in [2.75, 3.05) is 13.1 Å². The Bertz CT molecular complexity index is 737. The molecule has 7 nitrogen and oxygen atoms in total. The molecule has 1 aliphatic rings. The predicted molar refractivity (Wildman–Crippen MR) is 95.1 cm³/mol. The molecule has 0 saturated carbocycles. The number of aliphatic carboxylic acids is 1. The van der Waals surface area contributed by atoms with Crippen LogP contribution in [0.4, 0.5) is 0 Å². The molecule has 2 heterocycles. The summed E-state index contributed by atoms with van der Waals surface area (Å²) in [5.74, 6) is -1.53. The zero-order valence-electron chi connectivity index (χ0n) is 14.4. The summed E-state index contributed by atoms with van der Waals surface area (Å²) in [6.45, 7) is 4.20. The van der Waals surface area contributed by atoms with Gasteiger partial charge in [-0.05, 0) is 38.3 Å². The first-order chi connectivity index (χ1) is 11.7. The van der Waals surface area contributed by atoms with Gasteiger partial charge in [-0.15, -0.1) is 11.3 Å². The minimum Gasteiger partial charge on any atom is -0.480 e. The minimum atomic E-state index is -3.50. The molecule has 1 aliphatic heterocycles. The first-order valence-corrected chi connectivity index (χ1v) is 10.6. The van der Waals surface area contributed by atoms with E-state index in [9.17, 15) is 23.1 Å². The Morgan fingerprint density at radius 2 is 1.92 bits per heavy atom. The molecule has 1 aromatic rings. The van der Waals surface area contributed by atoms with Gasteiger partial charge in [-0.2, -0.15) is 4.31 Å². The van der Waals surface area contributed by atoms with Crippen LogP contribution in [0.2, 0.25) is 0 Å². The smallest absolute Gasteiger partial charge is 0.329 e. The second-order valence-corrected chi connectivity index (χ2v) is 9.73. The number of piperidine rings is 1. The monoisotopic (exact) mass is 388 g/mol. The van der Waals surface area contributed by atoms with Gasteiger partial charge in [0.15, 0.2) is 0 Å². The SMILES string of the molecule is CCC(C)(NC(=O)Cc1ccc(S(=O)(=O)N2CCCCC2)s1)C(=O)O. The van der Waals surface area contributed by atoms with E-state index >= 15 is 0 Å². The van der Waals surface area contributed by atoms with Crippen molar-refractivity contribution in [2.45, 2.75) is 55.7 Å². The van der Waals surface area contributed by atoms with Crippen LogP contribution in [0.15, 0.2) is 16.3 Å². The van der Waals surface area contributed by atoms with Crippen molar-refractivity contribution < 1.29 is 23.1 Å². The zero-order valence-corrected chi connectivity index (χ0v) is 16.1. The average Bonchev–Trinajstić information content (AvgIpc) is 3.04. The van der Waals surface area contributed by atoms with E-state index in [-0.39, 0.29) is 17.1 Å². The van der Waals surface area contributed by atoms with E-state index in [1.807, 2.05) is 0 Å². The number of carbonyl (C=O) groups excluding carboxylic acids is 1. The highest BCUT2D eigenvalue weighted by Crippen LogP contribution is 2.27. The molecule has 9 heteroatoms. The topological polar surface area (TPSA) is 104 Å². The van der Waals surface area contributed by atoms with Crippen molar-refractivity contribution >= 4 is 33.2 Å². The predicted octanol–water partition coefficient (Wildman–Crippen LogP) is 1.83. The molecule has 1 saturated heterocycles. The van der Waals surface area contributed by atoms with Crippen LogP contribution in [0, 0.1) is 0 Å². The number of carboxylic acid groups (broad SMARTS) is 1. The van der Waals surface area contributed by atoms with E-state index in [1.165, 1.54) is 17.3 Å². The molecule has 0 radical (unpaired) electrons. The molecule has 25 heavy (non-hydrogen) atoms. The molecule has 0 aromatic carbocycles. The molecule has 0 spiro atoms. The van der Waals surface area contributed by atoms with Gasteiger partial charge in [0.2, 0.25) is 5.91 Å². The summed E-state index contributed by atoms with van der Waals surface area (Å²) >= 11 is 1.07. The summed E-state index contributed by atoms with van der Waals surface area (Å²) in [5.41, 5.74) is -1.32. The summed E-state index contributed by atoms with van der Waals surface area (Å²) in [6, 6.07) is 3.14. The third-order valence-corrected chi connectivity index (χ3v) is 7.93. The van der Waals surface area contributed by atoms with Crippen LogP contribution in [0.25, 0.3) is 0 Å². The summed E-state index contributed by atoms with van der Waals surface area (Å²) in [4.78, 5) is 24.0. The maximum Gasteiger partial charge on any atom is 0.329 e. The fraction of sp³-hybridized carbons (Fsp3) is 0.625. The third kappa shape index (κ3) is 4.59. The van der Waals surface area contributed by atoms with Crippen LogP contribution in [0.3, 0.4) is 0 Å². The Hall–Kier alpha value is -1.45. The molecule has 1 aromatic heterocycles. The Morgan fingerprint density at radius 3 is 2.48 bits per heavy atom. The van der Waals surface area contributed by atoms with E-state index in [4.69, 9.17) is 0 Å². The molecular weight excluding hydrogens is 364 g/mol. The number of carboxylic acids is 1. The van der Waals surface area contributed by atoms with Gasteiger partial charge in [-0.25, -0.2) is 13.2 Å². The lowest BCUT2D eigenvalue weighted by molar-refractivity contribution is -0.146. The highest BCUT2D eigenvalue weighted by atomic mass is 32.2. The maximum atomic E-state index is 12.6. The average molecular weight is 389 g/mol. The summed E-state index contributed by atoms with van der Waals surface area (Å²) in [6.07, 6.45) is 2.99. The molecule has 140 valence electrons. The lowest BCUT2D eigenvalue weighted by Crippen LogP contribution is -2.52. The standard InChI is InChI=1S/C16H24N2O5S2/c1-3-16(2,15(20)21)17-13(19)11-12-7-8-14(24-12)25(22,23)18-9-5-4-6-10-18/h7-8H,3-6,9-11H2,1-2H3,(H,17,19)(H,20,21). The Balaban J connectivity index is 2.06. The number of amides is 1. The molecule has 2 N–H and O–H groups in total. The van der Waals surface area contributed by atoms with Crippen molar-refractivity contribution in [3.05, 3.63) is 17.0 Å². The molecular formula is C16H24N2O5S2. The zero-order chi connectivity index (χ0) is 18.7.